The van der Waals surface area contributed by atoms with Gasteiger partial charge in [-0.15, -0.1) is 0 Å². The molecule has 0 aromatic carbocycles. The second-order valence-electron chi connectivity index (χ2n) is 14.6. The molecule has 0 aliphatic heterocycles. The number of unbranched alkanes of at least 4 members (excludes halogenated alkanes) is 1. The van der Waals surface area contributed by atoms with E-state index in [1.54, 1.807) is 28.4 Å². The lowest BCUT2D eigenvalue weighted by atomic mass is 9.70. The van der Waals surface area contributed by atoms with Crippen molar-refractivity contribution in [1.82, 2.24) is 4.90 Å². The molecule has 2 bridgehead atoms. The Hall–Kier alpha value is -0.240. The van der Waals surface area contributed by atoms with Gasteiger partial charge in [0.2, 0.25) is 0 Å². The Balaban J connectivity index is -0.000000149. The fourth-order valence-corrected chi connectivity index (χ4v) is 5.32. The monoisotopic (exact) mass is 666 g/mol. The van der Waals surface area contributed by atoms with Crippen molar-refractivity contribution < 1.29 is 23.7 Å². The van der Waals surface area contributed by atoms with Crippen molar-refractivity contribution in [1.29, 1.82) is 0 Å². The summed E-state index contributed by atoms with van der Waals surface area (Å²) in [7, 11) is 10.9. The van der Waals surface area contributed by atoms with Crippen LogP contribution in [0, 0.1) is 34.5 Å². The Morgan fingerprint density at radius 2 is 1.09 bits per heavy atom. The molecule has 2 aliphatic rings. The van der Waals surface area contributed by atoms with Crippen LogP contribution in [0.5, 0.6) is 0 Å². The molecule has 0 aromatic heterocycles. The van der Waals surface area contributed by atoms with Crippen LogP contribution in [0.15, 0.2) is 0 Å². The van der Waals surface area contributed by atoms with Crippen molar-refractivity contribution in [2.75, 3.05) is 75.5 Å². The van der Waals surface area contributed by atoms with E-state index in [9.17, 15) is 0 Å². The van der Waals surface area contributed by atoms with E-state index in [4.69, 9.17) is 23.7 Å². The Bertz CT molecular complexity index is 542. The molecule has 286 valence electrons. The summed E-state index contributed by atoms with van der Waals surface area (Å²) in [5.74, 6) is 2.94. The van der Waals surface area contributed by atoms with E-state index in [1.165, 1.54) is 38.5 Å². The van der Waals surface area contributed by atoms with Gasteiger partial charge in [0.15, 0.2) is 0 Å². The minimum atomic E-state index is 0.451. The summed E-state index contributed by atoms with van der Waals surface area (Å²) in [6.07, 6.45) is 8.81. The van der Waals surface area contributed by atoms with Gasteiger partial charge in [-0.05, 0) is 87.2 Å². The first-order chi connectivity index (χ1) is 21.4. The van der Waals surface area contributed by atoms with E-state index in [2.05, 4.69) is 102 Å². The van der Waals surface area contributed by atoms with E-state index >= 15 is 0 Å². The average Bonchev–Trinajstić information content (AvgIpc) is 3.35. The summed E-state index contributed by atoms with van der Waals surface area (Å²) < 4.78 is 25.0. The van der Waals surface area contributed by atoms with Gasteiger partial charge >= 0.3 is 0 Å². The summed E-state index contributed by atoms with van der Waals surface area (Å²) in [5.41, 5.74) is 0.958. The molecular formula is C40H91NO5. The van der Waals surface area contributed by atoms with Crippen LogP contribution in [0.2, 0.25) is 0 Å². The van der Waals surface area contributed by atoms with Crippen LogP contribution >= 0.6 is 0 Å². The van der Waals surface area contributed by atoms with Gasteiger partial charge < -0.3 is 28.6 Å². The predicted octanol–water partition coefficient (Wildman–Crippen LogP) is 10.9. The lowest BCUT2D eigenvalue weighted by Gasteiger charge is -2.38. The molecule has 0 amide bonds. The van der Waals surface area contributed by atoms with E-state index in [0.717, 1.165) is 38.8 Å². The molecular weight excluding hydrogens is 574 g/mol. The zero-order chi connectivity index (χ0) is 37.4. The van der Waals surface area contributed by atoms with Crippen molar-refractivity contribution in [3.8, 4) is 0 Å². The molecule has 6 heteroatoms. The predicted molar refractivity (Wildman–Crippen MR) is 206 cm³/mol. The van der Waals surface area contributed by atoms with Crippen molar-refractivity contribution >= 4 is 0 Å². The van der Waals surface area contributed by atoms with Crippen molar-refractivity contribution in [2.45, 2.75) is 155 Å². The molecule has 4 atom stereocenters. The highest BCUT2D eigenvalue weighted by atomic mass is 16.5. The molecule has 0 radical (unpaired) electrons. The SMILES string of the molecule is CC.CCCCC(C)OC.CCN(C)CC.COC1CC2CCC1(C)C2(C)C.COCC(C)C.COCC(C)C.COCC(C)C. The minimum absolute atomic E-state index is 0.451. The molecule has 2 fully saturated rings. The number of fused-ring (bicyclic) bond motifs is 2. The topological polar surface area (TPSA) is 49.4 Å². The lowest BCUT2D eigenvalue weighted by molar-refractivity contribution is -0.0200. The van der Waals surface area contributed by atoms with Crippen molar-refractivity contribution in [3.05, 3.63) is 0 Å². The van der Waals surface area contributed by atoms with Crippen LogP contribution < -0.4 is 0 Å². The van der Waals surface area contributed by atoms with E-state index in [1.807, 2.05) is 21.0 Å². The number of nitrogens with zero attached hydrogens (tertiary/aromatic N) is 1. The number of rotatable bonds is 13. The van der Waals surface area contributed by atoms with E-state index in [0.29, 0.717) is 40.8 Å². The highest BCUT2D eigenvalue weighted by Gasteiger charge is 2.61. The van der Waals surface area contributed by atoms with Gasteiger partial charge in [0.1, 0.15) is 0 Å². The maximum atomic E-state index is 5.58. The van der Waals surface area contributed by atoms with Gasteiger partial charge in [-0.1, -0.05) is 110 Å². The molecule has 4 unspecified atom stereocenters. The van der Waals surface area contributed by atoms with Crippen LogP contribution in [0.25, 0.3) is 0 Å². The quantitative estimate of drug-likeness (QED) is 0.195. The molecule has 0 heterocycles. The van der Waals surface area contributed by atoms with Crippen LogP contribution in [0.1, 0.15) is 142 Å². The Labute approximate surface area is 292 Å². The molecule has 0 spiro atoms. The number of hydrogen-bond donors (Lipinski definition) is 0. The lowest BCUT2D eigenvalue weighted by Crippen LogP contribution is -2.36. The van der Waals surface area contributed by atoms with Crippen LogP contribution in [-0.4, -0.2) is 92.6 Å². The Morgan fingerprint density at radius 3 is 1.22 bits per heavy atom. The first-order valence-corrected chi connectivity index (χ1v) is 18.7. The van der Waals surface area contributed by atoms with Gasteiger partial charge in [0.25, 0.3) is 0 Å². The number of ether oxygens (including phenoxy) is 5. The highest BCUT2D eigenvalue weighted by Crippen LogP contribution is 2.66. The van der Waals surface area contributed by atoms with Crippen LogP contribution in [0.3, 0.4) is 0 Å². The second kappa shape index (κ2) is 36.1. The Kier molecular flexibility index (Phi) is 43.2. The average molecular weight is 666 g/mol. The van der Waals surface area contributed by atoms with Crippen molar-refractivity contribution in [3.63, 3.8) is 0 Å². The molecule has 2 aliphatic carbocycles. The summed E-state index contributed by atoms with van der Waals surface area (Å²) in [5, 5.41) is 0. The fourth-order valence-electron chi connectivity index (χ4n) is 5.32. The van der Waals surface area contributed by atoms with Gasteiger partial charge in [-0.2, -0.15) is 0 Å². The third-order valence-electron chi connectivity index (χ3n) is 8.94. The van der Waals surface area contributed by atoms with Gasteiger partial charge in [-0.25, -0.2) is 0 Å². The smallest absolute Gasteiger partial charge is 0.0632 e. The van der Waals surface area contributed by atoms with Gasteiger partial charge in [-0.3, -0.25) is 0 Å². The van der Waals surface area contributed by atoms with E-state index in [-0.39, 0.29) is 0 Å². The van der Waals surface area contributed by atoms with Crippen LogP contribution in [-0.2, 0) is 23.7 Å². The first-order valence-electron chi connectivity index (χ1n) is 18.7. The zero-order valence-electron chi connectivity index (χ0n) is 35.7. The third-order valence-corrected chi connectivity index (χ3v) is 8.94. The number of methoxy groups -OCH3 is 5. The standard InChI is InChI=1S/C11H20O.C7H16O.C5H13N.3C5H12O.C2H6/c1-10(2)8-5-6-11(10,3)9(7-8)12-4;1-4-5-6-7(2)8-3;1-4-6(3)5-2;3*1-5(2)4-6-3;1-2/h8-9H,5-7H2,1-4H3;7H,4-6H2,1-3H3;4-5H2,1-3H3;3*5H,4H2,1-3H3;1-2H3. The maximum absolute atomic E-state index is 5.58. The summed E-state index contributed by atoms with van der Waals surface area (Å²) in [6, 6.07) is 0. The number of hydrogen-bond acceptors (Lipinski definition) is 6. The molecule has 0 saturated heterocycles. The molecule has 2 saturated carbocycles. The van der Waals surface area contributed by atoms with Crippen molar-refractivity contribution in [2.24, 2.45) is 34.5 Å². The largest absolute Gasteiger partial charge is 0.384 e. The van der Waals surface area contributed by atoms with Gasteiger partial charge in [0, 0.05) is 55.4 Å². The summed E-state index contributed by atoms with van der Waals surface area (Å²) in [4.78, 5) is 2.25. The zero-order valence-corrected chi connectivity index (χ0v) is 35.7. The van der Waals surface area contributed by atoms with E-state index < -0.39 is 0 Å². The molecule has 6 nitrogen and oxygen atoms in total. The third kappa shape index (κ3) is 29.9. The molecule has 0 N–H and O–H groups in total. The first kappa shape index (κ1) is 55.2. The summed E-state index contributed by atoms with van der Waals surface area (Å²) in [6.45, 7) is 37.6. The minimum Gasteiger partial charge on any atom is -0.384 e. The van der Waals surface area contributed by atoms with Gasteiger partial charge in [0.05, 0.1) is 12.2 Å². The maximum Gasteiger partial charge on any atom is 0.0632 e. The summed E-state index contributed by atoms with van der Waals surface area (Å²) >= 11 is 0. The fraction of sp³-hybridized carbons (Fsp3) is 1.00. The normalized spacial score (nSPS) is 20.8. The highest BCUT2D eigenvalue weighted by molar-refractivity contribution is 5.10. The Morgan fingerprint density at radius 1 is 0.696 bits per heavy atom. The molecule has 46 heavy (non-hydrogen) atoms. The van der Waals surface area contributed by atoms with Crippen LogP contribution in [0.4, 0.5) is 0 Å². The second-order valence-corrected chi connectivity index (χ2v) is 14.6. The molecule has 0 aromatic rings. The molecule has 2 rings (SSSR count).